The van der Waals surface area contributed by atoms with E-state index in [9.17, 15) is 8.42 Å². The zero-order valence-electron chi connectivity index (χ0n) is 12.4. The predicted octanol–water partition coefficient (Wildman–Crippen LogP) is 1.21. The Hall–Kier alpha value is -0.170. The van der Waals surface area contributed by atoms with Gasteiger partial charge in [-0.15, -0.1) is 0 Å². The zero-order valence-corrected chi connectivity index (χ0v) is 13.2. The van der Waals surface area contributed by atoms with E-state index >= 15 is 0 Å². The van der Waals surface area contributed by atoms with Crippen molar-refractivity contribution in [1.29, 1.82) is 0 Å². The van der Waals surface area contributed by atoms with Gasteiger partial charge in [0.05, 0.1) is 18.5 Å². The monoisotopic (exact) mass is 292 g/mol. The van der Waals surface area contributed by atoms with Gasteiger partial charge in [0.15, 0.2) is 0 Å². The molecular formula is C13H28N2O3S. The van der Waals surface area contributed by atoms with Crippen LogP contribution in [0.5, 0.6) is 0 Å². The maximum Gasteiger partial charge on any atom is 0.216 e. The topological polar surface area (TPSA) is 58.6 Å². The highest BCUT2D eigenvalue weighted by molar-refractivity contribution is 7.89. The molecule has 0 aromatic heterocycles. The second-order valence-electron chi connectivity index (χ2n) is 5.39. The van der Waals surface area contributed by atoms with Crippen LogP contribution >= 0.6 is 0 Å². The molecule has 1 saturated heterocycles. The van der Waals surface area contributed by atoms with Crippen LogP contribution in [0.1, 0.15) is 40.0 Å². The van der Waals surface area contributed by atoms with Crippen molar-refractivity contribution in [2.45, 2.75) is 52.2 Å². The van der Waals surface area contributed by atoms with Crippen LogP contribution in [-0.4, -0.2) is 56.9 Å². The van der Waals surface area contributed by atoms with Crippen LogP contribution in [0, 0.1) is 0 Å². The van der Waals surface area contributed by atoms with E-state index in [0.29, 0.717) is 19.1 Å². The van der Waals surface area contributed by atoms with Crippen LogP contribution in [0.3, 0.4) is 0 Å². The highest BCUT2D eigenvalue weighted by Gasteiger charge is 2.28. The Morgan fingerprint density at radius 1 is 1.42 bits per heavy atom. The van der Waals surface area contributed by atoms with Gasteiger partial charge in [-0.2, -0.15) is 0 Å². The Kier molecular flexibility index (Phi) is 7.28. The molecule has 1 heterocycles. The summed E-state index contributed by atoms with van der Waals surface area (Å²) in [6.07, 6.45) is 3.15. The summed E-state index contributed by atoms with van der Waals surface area (Å²) in [7, 11) is -3.17. The van der Waals surface area contributed by atoms with Crippen molar-refractivity contribution < 1.29 is 13.2 Å². The summed E-state index contributed by atoms with van der Waals surface area (Å²) in [6.45, 7) is 8.43. The molecule has 1 N–H and O–H groups in total. The summed E-state index contributed by atoms with van der Waals surface area (Å²) in [5, 5.41) is 3.41. The first-order chi connectivity index (χ1) is 8.95. The average molecular weight is 292 g/mol. The van der Waals surface area contributed by atoms with Crippen LogP contribution < -0.4 is 5.32 Å². The third-order valence-corrected chi connectivity index (χ3v) is 5.05. The number of ether oxygens (including phenoxy) is 1. The van der Waals surface area contributed by atoms with E-state index in [0.717, 1.165) is 25.8 Å². The lowest BCUT2D eigenvalue weighted by Crippen LogP contribution is -2.49. The molecule has 1 aliphatic rings. The molecule has 6 heteroatoms. The lowest BCUT2D eigenvalue weighted by atomic mass is 10.1. The van der Waals surface area contributed by atoms with E-state index in [-0.39, 0.29) is 18.5 Å². The lowest BCUT2D eigenvalue weighted by Gasteiger charge is -2.32. The van der Waals surface area contributed by atoms with Crippen molar-refractivity contribution in [3.8, 4) is 0 Å². The first kappa shape index (κ1) is 16.9. The van der Waals surface area contributed by atoms with Gasteiger partial charge in [-0.1, -0.05) is 6.92 Å². The molecule has 0 saturated carbocycles. The number of hydrogen-bond acceptors (Lipinski definition) is 4. The summed E-state index contributed by atoms with van der Waals surface area (Å²) in [5.74, 6) is 0.0890. The summed E-state index contributed by atoms with van der Waals surface area (Å²) >= 11 is 0. The summed E-state index contributed by atoms with van der Waals surface area (Å²) in [6, 6.07) is 0.300. The number of sulfonamides is 1. The van der Waals surface area contributed by atoms with Crippen LogP contribution in [-0.2, 0) is 14.8 Å². The second kappa shape index (κ2) is 8.19. The Bertz CT molecular complexity index is 344. The molecular weight excluding hydrogens is 264 g/mol. The molecule has 19 heavy (non-hydrogen) atoms. The first-order valence-electron chi connectivity index (χ1n) is 7.28. The summed E-state index contributed by atoms with van der Waals surface area (Å²) in [4.78, 5) is 0. The minimum atomic E-state index is -3.17. The van der Waals surface area contributed by atoms with Crippen LogP contribution in [0.2, 0.25) is 0 Å². The quantitative estimate of drug-likeness (QED) is 0.730. The molecule has 114 valence electrons. The number of hydrogen-bond donors (Lipinski definition) is 1. The zero-order chi connectivity index (χ0) is 14.3. The minimum Gasteiger partial charge on any atom is -0.378 e. The van der Waals surface area contributed by atoms with Crippen molar-refractivity contribution in [3.05, 3.63) is 0 Å². The van der Waals surface area contributed by atoms with Crippen molar-refractivity contribution in [1.82, 2.24) is 9.62 Å². The molecule has 0 bridgehead atoms. The minimum absolute atomic E-state index is 0.0792. The van der Waals surface area contributed by atoms with Gasteiger partial charge >= 0.3 is 0 Å². The standard InChI is InChI=1S/C13H28N2O3S/c1-4-7-14-13-6-5-8-15(11-13)19(16,17)10-9-18-12(2)3/h12-14H,4-11H2,1-3H3. The van der Waals surface area contributed by atoms with Crippen molar-refractivity contribution in [3.63, 3.8) is 0 Å². The van der Waals surface area contributed by atoms with Crippen molar-refractivity contribution in [2.24, 2.45) is 0 Å². The molecule has 1 fully saturated rings. The van der Waals surface area contributed by atoms with Crippen molar-refractivity contribution in [2.75, 3.05) is 32.0 Å². The highest BCUT2D eigenvalue weighted by atomic mass is 32.2. The van der Waals surface area contributed by atoms with E-state index < -0.39 is 10.0 Å². The molecule has 0 aromatic rings. The Labute approximate surface area is 117 Å². The molecule has 1 atom stereocenters. The fourth-order valence-corrected chi connectivity index (χ4v) is 3.61. The van der Waals surface area contributed by atoms with Gasteiger partial charge in [0.2, 0.25) is 10.0 Å². The highest BCUT2D eigenvalue weighted by Crippen LogP contribution is 2.14. The van der Waals surface area contributed by atoms with Gasteiger partial charge in [-0.3, -0.25) is 0 Å². The maximum atomic E-state index is 12.2. The molecule has 0 aliphatic carbocycles. The van der Waals surface area contributed by atoms with E-state index in [1.54, 1.807) is 4.31 Å². The number of nitrogens with one attached hydrogen (secondary N) is 1. The van der Waals surface area contributed by atoms with Gasteiger partial charge < -0.3 is 10.1 Å². The predicted molar refractivity (Wildman–Crippen MR) is 77.8 cm³/mol. The molecule has 1 rings (SSSR count). The second-order valence-corrected chi connectivity index (χ2v) is 7.48. The summed E-state index contributed by atoms with van der Waals surface area (Å²) in [5.41, 5.74) is 0. The molecule has 0 amide bonds. The SMILES string of the molecule is CCCNC1CCCN(S(=O)(=O)CCOC(C)C)C1. The van der Waals surface area contributed by atoms with Gasteiger partial charge in [0, 0.05) is 19.1 Å². The van der Waals surface area contributed by atoms with Gasteiger partial charge in [0.25, 0.3) is 0 Å². The van der Waals surface area contributed by atoms with Crippen LogP contribution in [0.15, 0.2) is 0 Å². The smallest absolute Gasteiger partial charge is 0.216 e. The third-order valence-electron chi connectivity index (χ3n) is 3.25. The normalized spacial score (nSPS) is 22.0. The average Bonchev–Trinajstić information content (AvgIpc) is 2.36. The number of nitrogens with zero attached hydrogens (tertiary/aromatic N) is 1. The Balaban J connectivity index is 2.43. The Morgan fingerprint density at radius 2 is 2.16 bits per heavy atom. The van der Waals surface area contributed by atoms with E-state index in [4.69, 9.17) is 4.74 Å². The van der Waals surface area contributed by atoms with E-state index in [2.05, 4.69) is 12.2 Å². The van der Waals surface area contributed by atoms with Gasteiger partial charge in [-0.05, 0) is 39.7 Å². The van der Waals surface area contributed by atoms with E-state index in [1.165, 1.54) is 0 Å². The van der Waals surface area contributed by atoms with Gasteiger partial charge in [0.1, 0.15) is 0 Å². The molecule has 0 radical (unpaired) electrons. The van der Waals surface area contributed by atoms with Crippen molar-refractivity contribution >= 4 is 10.0 Å². The number of piperidine rings is 1. The van der Waals surface area contributed by atoms with Gasteiger partial charge in [-0.25, -0.2) is 12.7 Å². The molecule has 5 nitrogen and oxygen atoms in total. The first-order valence-corrected chi connectivity index (χ1v) is 8.89. The lowest BCUT2D eigenvalue weighted by molar-refractivity contribution is 0.0905. The molecule has 1 aliphatic heterocycles. The maximum absolute atomic E-state index is 12.2. The van der Waals surface area contributed by atoms with Crippen LogP contribution in [0.25, 0.3) is 0 Å². The molecule has 1 unspecified atom stereocenters. The number of rotatable bonds is 8. The van der Waals surface area contributed by atoms with E-state index in [1.807, 2.05) is 13.8 Å². The summed E-state index contributed by atoms with van der Waals surface area (Å²) < 4.78 is 31.4. The largest absolute Gasteiger partial charge is 0.378 e. The fourth-order valence-electron chi connectivity index (χ4n) is 2.23. The molecule has 0 spiro atoms. The third kappa shape index (κ3) is 6.21. The Morgan fingerprint density at radius 3 is 2.79 bits per heavy atom. The fraction of sp³-hybridized carbons (Fsp3) is 1.00. The van der Waals surface area contributed by atoms with Crippen LogP contribution in [0.4, 0.5) is 0 Å². The molecule has 0 aromatic carbocycles.